The third kappa shape index (κ3) is 4.14. The lowest BCUT2D eigenvalue weighted by Crippen LogP contribution is -2.12. The molecule has 1 unspecified atom stereocenters. The molecule has 0 aliphatic rings. The molecule has 24 heavy (non-hydrogen) atoms. The van der Waals surface area contributed by atoms with Crippen LogP contribution in [-0.4, -0.2) is 15.9 Å². The Hall–Kier alpha value is -3.27. The molecule has 3 rings (SSSR count). The first-order valence-electron chi connectivity index (χ1n) is 7.58. The highest BCUT2D eigenvalue weighted by Gasteiger charge is 2.18. The first kappa shape index (κ1) is 15.6. The number of ether oxygens (including phenoxy) is 1. The van der Waals surface area contributed by atoms with E-state index in [1.165, 1.54) is 6.08 Å². The monoisotopic (exact) mass is 316 g/mol. The van der Waals surface area contributed by atoms with Crippen LogP contribution in [0.15, 0.2) is 85.2 Å². The first-order chi connectivity index (χ1) is 11.8. The Labute approximate surface area is 140 Å². The standard InChI is InChI=1S/C20H16N2O2/c23-19(13-12-17-10-4-6-14-21-17)24-20(16-8-2-1-3-9-16)18-11-5-7-15-22-18/h1-15,20H. The molecular weight excluding hydrogens is 300 g/mol. The van der Waals surface area contributed by atoms with Crippen LogP contribution in [0.2, 0.25) is 0 Å². The molecule has 0 aliphatic heterocycles. The van der Waals surface area contributed by atoms with Crippen molar-refractivity contribution in [2.24, 2.45) is 0 Å². The molecule has 0 radical (unpaired) electrons. The highest BCUT2D eigenvalue weighted by molar-refractivity contribution is 5.87. The number of aromatic nitrogens is 2. The molecule has 2 aromatic heterocycles. The molecule has 0 amide bonds. The number of benzene rings is 1. The number of hydrogen-bond acceptors (Lipinski definition) is 4. The molecule has 1 aromatic carbocycles. The SMILES string of the molecule is O=C(C=Cc1ccccn1)OC(c1ccccc1)c1ccccn1. The molecule has 0 fully saturated rings. The highest BCUT2D eigenvalue weighted by Crippen LogP contribution is 2.24. The maximum absolute atomic E-state index is 12.2. The van der Waals surface area contributed by atoms with E-state index in [4.69, 9.17) is 4.74 Å². The van der Waals surface area contributed by atoms with Gasteiger partial charge < -0.3 is 4.74 Å². The van der Waals surface area contributed by atoms with Crippen LogP contribution < -0.4 is 0 Å². The van der Waals surface area contributed by atoms with Crippen molar-refractivity contribution in [2.45, 2.75) is 6.10 Å². The summed E-state index contributed by atoms with van der Waals surface area (Å²) in [6.07, 6.45) is 5.81. The molecule has 0 N–H and O–H groups in total. The van der Waals surface area contributed by atoms with E-state index in [-0.39, 0.29) is 0 Å². The lowest BCUT2D eigenvalue weighted by molar-refractivity contribution is -0.141. The van der Waals surface area contributed by atoms with E-state index in [0.29, 0.717) is 11.4 Å². The van der Waals surface area contributed by atoms with Crippen molar-refractivity contribution in [3.8, 4) is 0 Å². The quantitative estimate of drug-likeness (QED) is 0.530. The average molecular weight is 316 g/mol. The molecule has 2 heterocycles. The molecule has 3 aromatic rings. The topological polar surface area (TPSA) is 52.1 Å². The van der Waals surface area contributed by atoms with E-state index < -0.39 is 12.1 Å². The zero-order valence-corrected chi connectivity index (χ0v) is 12.9. The second kappa shape index (κ2) is 7.83. The number of esters is 1. The minimum Gasteiger partial charge on any atom is -0.448 e. The van der Waals surface area contributed by atoms with E-state index in [1.807, 2.05) is 66.7 Å². The van der Waals surface area contributed by atoms with Crippen LogP contribution in [0.1, 0.15) is 23.1 Å². The van der Waals surface area contributed by atoms with Gasteiger partial charge in [-0.25, -0.2) is 4.79 Å². The molecule has 118 valence electrons. The molecule has 0 saturated heterocycles. The summed E-state index contributed by atoms with van der Waals surface area (Å²) in [6, 6.07) is 20.6. The Balaban J connectivity index is 1.80. The molecule has 0 spiro atoms. The summed E-state index contributed by atoms with van der Waals surface area (Å²) in [5.41, 5.74) is 2.25. The Morgan fingerprint density at radius 3 is 2.25 bits per heavy atom. The van der Waals surface area contributed by atoms with Crippen molar-refractivity contribution in [1.82, 2.24) is 9.97 Å². The molecule has 4 nitrogen and oxygen atoms in total. The summed E-state index contributed by atoms with van der Waals surface area (Å²) in [4.78, 5) is 20.7. The van der Waals surface area contributed by atoms with Crippen molar-refractivity contribution in [3.63, 3.8) is 0 Å². The third-order valence-corrected chi connectivity index (χ3v) is 3.37. The number of nitrogens with zero attached hydrogens (tertiary/aromatic N) is 2. The maximum Gasteiger partial charge on any atom is 0.331 e. The fourth-order valence-electron chi connectivity index (χ4n) is 2.24. The Morgan fingerprint density at radius 1 is 0.875 bits per heavy atom. The largest absolute Gasteiger partial charge is 0.448 e. The van der Waals surface area contributed by atoms with Crippen molar-refractivity contribution in [2.75, 3.05) is 0 Å². The van der Waals surface area contributed by atoms with Gasteiger partial charge in [-0.2, -0.15) is 0 Å². The smallest absolute Gasteiger partial charge is 0.331 e. The molecule has 4 heteroatoms. The predicted molar refractivity (Wildman–Crippen MR) is 91.9 cm³/mol. The van der Waals surface area contributed by atoms with Crippen LogP contribution in [0, 0.1) is 0 Å². The third-order valence-electron chi connectivity index (χ3n) is 3.37. The summed E-state index contributed by atoms with van der Waals surface area (Å²) >= 11 is 0. The van der Waals surface area contributed by atoms with E-state index in [0.717, 1.165) is 5.56 Å². The average Bonchev–Trinajstić information content (AvgIpc) is 2.67. The van der Waals surface area contributed by atoms with Crippen molar-refractivity contribution < 1.29 is 9.53 Å². The summed E-state index contributed by atoms with van der Waals surface area (Å²) in [5.74, 6) is -0.444. The molecule has 0 saturated carbocycles. The lowest BCUT2D eigenvalue weighted by Gasteiger charge is -2.16. The number of pyridine rings is 2. The number of carbonyl (C=O) groups excluding carboxylic acids is 1. The van der Waals surface area contributed by atoms with Gasteiger partial charge in [-0.3, -0.25) is 9.97 Å². The second-order valence-electron chi connectivity index (χ2n) is 5.07. The van der Waals surface area contributed by atoms with Crippen LogP contribution >= 0.6 is 0 Å². The van der Waals surface area contributed by atoms with E-state index >= 15 is 0 Å². The number of hydrogen-bond donors (Lipinski definition) is 0. The molecular formula is C20H16N2O2. The van der Waals surface area contributed by atoms with Crippen LogP contribution in [0.4, 0.5) is 0 Å². The summed E-state index contributed by atoms with van der Waals surface area (Å²) in [7, 11) is 0. The summed E-state index contributed by atoms with van der Waals surface area (Å²) in [6.45, 7) is 0. The van der Waals surface area contributed by atoms with Gasteiger partial charge in [0.15, 0.2) is 6.10 Å². The molecule has 0 bridgehead atoms. The zero-order chi connectivity index (χ0) is 16.6. The number of carbonyl (C=O) groups is 1. The normalized spacial score (nSPS) is 12.0. The zero-order valence-electron chi connectivity index (χ0n) is 12.9. The summed E-state index contributed by atoms with van der Waals surface area (Å²) in [5, 5.41) is 0. The van der Waals surface area contributed by atoms with Gasteiger partial charge in [0.2, 0.25) is 0 Å². The molecule has 1 atom stereocenters. The van der Waals surface area contributed by atoms with E-state index in [9.17, 15) is 4.79 Å². The van der Waals surface area contributed by atoms with Gasteiger partial charge in [-0.15, -0.1) is 0 Å². The lowest BCUT2D eigenvalue weighted by atomic mass is 10.1. The first-order valence-corrected chi connectivity index (χ1v) is 7.58. The minimum absolute atomic E-state index is 0.444. The van der Waals surface area contributed by atoms with Gasteiger partial charge >= 0.3 is 5.97 Å². The second-order valence-corrected chi connectivity index (χ2v) is 5.07. The van der Waals surface area contributed by atoms with E-state index in [1.54, 1.807) is 18.5 Å². The van der Waals surface area contributed by atoms with Gasteiger partial charge in [0.05, 0.1) is 11.4 Å². The van der Waals surface area contributed by atoms with Crippen LogP contribution in [0.25, 0.3) is 6.08 Å². The highest BCUT2D eigenvalue weighted by atomic mass is 16.5. The van der Waals surface area contributed by atoms with Crippen molar-refractivity contribution in [1.29, 1.82) is 0 Å². The van der Waals surface area contributed by atoms with Crippen LogP contribution in [0.3, 0.4) is 0 Å². The fraction of sp³-hybridized carbons (Fsp3) is 0.0500. The molecule has 0 aliphatic carbocycles. The van der Waals surface area contributed by atoms with Crippen molar-refractivity contribution in [3.05, 3.63) is 102 Å². The van der Waals surface area contributed by atoms with Gasteiger partial charge in [0.1, 0.15) is 0 Å². The van der Waals surface area contributed by atoms with Crippen molar-refractivity contribution >= 4 is 12.0 Å². The van der Waals surface area contributed by atoms with Gasteiger partial charge in [0, 0.05) is 18.5 Å². The minimum atomic E-state index is -0.548. The fourth-order valence-corrected chi connectivity index (χ4v) is 2.24. The van der Waals surface area contributed by atoms with Gasteiger partial charge in [-0.1, -0.05) is 42.5 Å². The van der Waals surface area contributed by atoms with Crippen LogP contribution in [0.5, 0.6) is 0 Å². The van der Waals surface area contributed by atoms with E-state index in [2.05, 4.69) is 9.97 Å². The Kier molecular flexibility index (Phi) is 5.10. The van der Waals surface area contributed by atoms with Crippen LogP contribution in [-0.2, 0) is 9.53 Å². The summed E-state index contributed by atoms with van der Waals surface area (Å²) < 4.78 is 5.63. The van der Waals surface area contributed by atoms with Gasteiger partial charge in [-0.05, 0) is 35.9 Å². The maximum atomic E-state index is 12.2. The number of rotatable bonds is 5. The predicted octanol–water partition coefficient (Wildman–Crippen LogP) is 3.82. The Morgan fingerprint density at radius 2 is 1.58 bits per heavy atom. The van der Waals surface area contributed by atoms with Gasteiger partial charge in [0.25, 0.3) is 0 Å². The Bertz CT molecular complexity index is 763.